The Kier molecular flexibility index (Phi) is 6.81. The quantitative estimate of drug-likeness (QED) is 0.370. The highest BCUT2D eigenvalue weighted by Crippen LogP contribution is 2.37. The predicted molar refractivity (Wildman–Crippen MR) is 133 cm³/mol. The van der Waals surface area contributed by atoms with Crippen molar-refractivity contribution in [3.05, 3.63) is 70.1 Å². The van der Waals surface area contributed by atoms with Gasteiger partial charge in [0, 0.05) is 28.8 Å². The molecule has 0 spiro atoms. The predicted octanol–water partition coefficient (Wildman–Crippen LogP) is 3.85. The number of rotatable bonds is 7. The van der Waals surface area contributed by atoms with Crippen LogP contribution >= 0.6 is 11.6 Å². The number of hydrogen-bond donors (Lipinski definition) is 0. The van der Waals surface area contributed by atoms with E-state index < -0.39 is 17.7 Å². The van der Waals surface area contributed by atoms with Crippen molar-refractivity contribution < 1.29 is 19.3 Å². The molecule has 0 N–H and O–H groups in total. The molecule has 0 atom stereocenters. The second kappa shape index (κ2) is 9.66. The average molecular weight is 493 g/mol. The topological polar surface area (TPSA) is 82.1 Å². The van der Waals surface area contributed by atoms with Gasteiger partial charge in [-0.3, -0.25) is 14.5 Å². The van der Waals surface area contributed by atoms with Crippen molar-refractivity contribution in [2.45, 2.75) is 47.5 Å². The van der Waals surface area contributed by atoms with E-state index in [-0.39, 0.29) is 29.3 Å². The molecule has 0 saturated carbocycles. The molecule has 1 aliphatic heterocycles. The van der Waals surface area contributed by atoms with Gasteiger partial charge in [-0.15, -0.1) is 0 Å². The molecule has 1 aromatic carbocycles. The number of aromatic nitrogens is 3. The van der Waals surface area contributed by atoms with Gasteiger partial charge in [-0.2, -0.15) is 9.67 Å². The molecule has 0 fully saturated rings. The zero-order chi connectivity index (χ0) is 25.4. The Balaban J connectivity index is 2.01. The molecule has 3 heterocycles. The maximum atomic E-state index is 13.8. The number of carbonyl (C=O) groups is 2. The van der Waals surface area contributed by atoms with Crippen molar-refractivity contribution in [1.29, 1.82) is 0 Å². The summed E-state index contributed by atoms with van der Waals surface area (Å²) in [5.41, 5.74) is 3.48. The number of halogens is 1. The van der Waals surface area contributed by atoms with Crippen LogP contribution in [-0.2, 0) is 16.0 Å². The number of imide groups is 1. The van der Waals surface area contributed by atoms with E-state index in [0.717, 1.165) is 17.5 Å². The van der Waals surface area contributed by atoms with E-state index in [4.69, 9.17) is 11.6 Å². The van der Waals surface area contributed by atoms with Crippen LogP contribution in [0, 0.1) is 19.8 Å². The Bertz CT molecular complexity index is 1360. The van der Waals surface area contributed by atoms with Gasteiger partial charge < -0.3 is 5.11 Å². The number of hydrogen-bond acceptors (Lipinski definition) is 4. The molecule has 35 heavy (non-hydrogen) atoms. The number of nitrogens with zero attached hydrogens (tertiary/aromatic N) is 4. The highest BCUT2D eigenvalue weighted by atomic mass is 35.5. The summed E-state index contributed by atoms with van der Waals surface area (Å²) in [6.07, 6.45) is 4.78. The van der Waals surface area contributed by atoms with Crippen LogP contribution < -0.4 is 9.67 Å². The van der Waals surface area contributed by atoms with Gasteiger partial charge in [-0.1, -0.05) is 44.9 Å². The lowest BCUT2D eigenvalue weighted by Crippen LogP contribution is -2.41. The first kappa shape index (κ1) is 24.7. The monoisotopic (exact) mass is 492 g/mol. The maximum Gasteiger partial charge on any atom is 0.326 e. The van der Waals surface area contributed by atoms with Crippen LogP contribution in [0.25, 0.3) is 17.0 Å². The van der Waals surface area contributed by atoms with E-state index in [1.54, 1.807) is 35.0 Å². The summed E-state index contributed by atoms with van der Waals surface area (Å²) in [6.45, 7) is 10.0. The first-order valence-electron chi connectivity index (χ1n) is 11.8. The second-order valence-corrected chi connectivity index (χ2v) is 9.76. The summed E-state index contributed by atoms with van der Waals surface area (Å²) in [7, 11) is 0. The van der Waals surface area contributed by atoms with Gasteiger partial charge in [0.25, 0.3) is 11.6 Å². The highest BCUT2D eigenvalue weighted by Gasteiger charge is 2.46. The van der Waals surface area contributed by atoms with Crippen molar-refractivity contribution in [3.8, 4) is 11.6 Å². The Morgan fingerprint density at radius 1 is 1.11 bits per heavy atom. The third-order valence-corrected chi connectivity index (χ3v) is 6.33. The zero-order valence-electron chi connectivity index (χ0n) is 20.6. The van der Waals surface area contributed by atoms with Crippen molar-refractivity contribution >= 4 is 34.7 Å². The summed E-state index contributed by atoms with van der Waals surface area (Å²) in [6, 6.07) is 8.73. The highest BCUT2D eigenvalue weighted by molar-refractivity contribution is 6.45. The van der Waals surface area contributed by atoms with Crippen LogP contribution in [0.2, 0.25) is 5.02 Å². The van der Waals surface area contributed by atoms with Gasteiger partial charge in [0.1, 0.15) is 5.57 Å². The normalized spacial score (nSPS) is 14.1. The van der Waals surface area contributed by atoms with Crippen molar-refractivity contribution in [2.75, 3.05) is 6.54 Å². The van der Waals surface area contributed by atoms with E-state index in [2.05, 4.69) is 5.10 Å². The van der Waals surface area contributed by atoms with Crippen LogP contribution in [0.4, 0.5) is 0 Å². The molecule has 0 radical (unpaired) electrons. The van der Waals surface area contributed by atoms with E-state index in [1.165, 1.54) is 9.58 Å². The van der Waals surface area contributed by atoms with Crippen LogP contribution in [0.15, 0.2) is 42.7 Å². The van der Waals surface area contributed by atoms with E-state index in [0.29, 0.717) is 22.8 Å². The van der Waals surface area contributed by atoms with Crippen molar-refractivity contribution in [2.24, 2.45) is 5.92 Å². The summed E-state index contributed by atoms with van der Waals surface area (Å²) in [5, 5.41) is 18.8. The fourth-order valence-corrected chi connectivity index (χ4v) is 4.45. The van der Waals surface area contributed by atoms with E-state index in [9.17, 15) is 14.7 Å². The molecule has 7 nitrogen and oxygen atoms in total. The molecule has 0 aliphatic carbocycles. The van der Waals surface area contributed by atoms with Crippen molar-refractivity contribution in [1.82, 2.24) is 14.7 Å². The lowest BCUT2D eigenvalue weighted by atomic mass is 10.0. The molecule has 4 rings (SSSR count). The zero-order valence-corrected chi connectivity index (χ0v) is 21.4. The van der Waals surface area contributed by atoms with Gasteiger partial charge in [-0.25, -0.2) is 4.68 Å². The number of aryl methyl sites for hydroxylation is 3. The van der Waals surface area contributed by atoms with E-state index in [1.807, 2.05) is 46.9 Å². The first-order chi connectivity index (χ1) is 16.6. The van der Waals surface area contributed by atoms with Crippen LogP contribution in [0.5, 0.6) is 5.88 Å². The molecule has 1 aliphatic rings. The summed E-state index contributed by atoms with van der Waals surface area (Å²) in [4.78, 5) is 28.6. The molecule has 0 unspecified atom stereocenters. The molecule has 182 valence electrons. The third-order valence-electron chi connectivity index (χ3n) is 6.09. The molecule has 3 aromatic rings. The summed E-state index contributed by atoms with van der Waals surface area (Å²) < 4.78 is 2.93. The number of amides is 2. The van der Waals surface area contributed by atoms with Gasteiger partial charge in [0.2, 0.25) is 0 Å². The summed E-state index contributed by atoms with van der Waals surface area (Å²) in [5.74, 6) is -1.25. The van der Waals surface area contributed by atoms with Gasteiger partial charge in [-0.05, 0) is 55.8 Å². The second-order valence-electron chi connectivity index (χ2n) is 9.33. The molecule has 2 amide bonds. The maximum absolute atomic E-state index is 13.8. The summed E-state index contributed by atoms with van der Waals surface area (Å²) >= 11 is 6.16. The first-order valence-corrected chi connectivity index (χ1v) is 12.2. The van der Waals surface area contributed by atoms with Crippen molar-refractivity contribution in [3.63, 3.8) is 0 Å². The number of benzene rings is 1. The fourth-order valence-electron chi connectivity index (χ4n) is 4.27. The fraction of sp³-hybridized carbons (Fsp3) is 0.333. The van der Waals surface area contributed by atoms with Gasteiger partial charge in [0.15, 0.2) is 12.4 Å². The van der Waals surface area contributed by atoms with Gasteiger partial charge >= 0.3 is 5.91 Å². The minimum absolute atomic E-state index is 0.0734. The Hall–Kier alpha value is -3.45. The standard InChI is InChI=1S/C27H29ClN4O3/c1-6-8-21-22(26(34)32(29-21)20-10-7-9-19(28)13-20)23-24(30-12-11-17(4)18(5)15-30)27(35)31(25(23)33)14-16(2)3/h7,9-13,15-16H,6,8,14H2,1-5H3. The lowest BCUT2D eigenvalue weighted by Gasteiger charge is -2.17. The largest absolute Gasteiger partial charge is 0.858 e. The Morgan fingerprint density at radius 2 is 1.86 bits per heavy atom. The molecule has 8 heteroatoms. The minimum atomic E-state index is -0.468. The molecular formula is C27H29ClN4O3. The lowest BCUT2D eigenvalue weighted by molar-refractivity contribution is -0.577. The molecule has 2 aromatic heterocycles. The number of carbonyl (C=O) groups excluding carboxylic acids is 2. The van der Waals surface area contributed by atoms with E-state index >= 15 is 0 Å². The Labute approximate surface area is 210 Å². The van der Waals surface area contributed by atoms with Crippen LogP contribution in [0.1, 0.15) is 49.6 Å². The third kappa shape index (κ3) is 4.48. The smallest absolute Gasteiger partial charge is 0.326 e. The molecular weight excluding hydrogens is 464 g/mol. The molecule has 0 bridgehead atoms. The number of pyridine rings is 1. The SMILES string of the molecule is CCCc1nn(-c2cccc(Cl)c2)c([O-])c1C1=C([n+]2ccc(C)c(C)c2)C(=O)N(CC(C)C)C1=O. The Morgan fingerprint density at radius 3 is 2.49 bits per heavy atom. The molecule has 0 saturated heterocycles. The van der Waals surface area contributed by atoms with Crippen LogP contribution in [0.3, 0.4) is 0 Å². The van der Waals surface area contributed by atoms with Crippen LogP contribution in [-0.4, -0.2) is 33.0 Å². The van der Waals surface area contributed by atoms with Gasteiger partial charge in [0.05, 0.1) is 11.4 Å². The average Bonchev–Trinajstić information content (AvgIpc) is 3.24. The minimum Gasteiger partial charge on any atom is -0.858 e.